The molecule has 0 N–H and O–H groups in total. The van der Waals surface area contributed by atoms with E-state index in [-0.39, 0.29) is 5.78 Å². The Morgan fingerprint density at radius 1 is 1.24 bits per heavy atom. The third kappa shape index (κ3) is 4.31. The van der Waals surface area contributed by atoms with Crippen molar-refractivity contribution < 1.29 is 4.79 Å². The number of hydrogen-bond donors (Lipinski definition) is 0. The van der Waals surface area contributed by atoms with E-state index < -0.39 is 0 Å². The summed E-state index contributed by atoms with van der Waals surface area (Å²) in [7, 11) is 0. The summed E-state index contributed by atoms with van der Waals surface area (Å²) in [5.74, 6) is 0.215. The molecular formula is C15H23NO. The van der Waals surface area contributed by atoms with Gasteiger partial charge >= 0.3 is 0 Å². The first-order chi connectivity index (χ1) is 8.04. The molecule has 1 rings (SSSR count). The maximum Gasteiger partial charge on any atom is 0.176 e. The lowest BCUT2D eigenvalue weighted by atomic mass is 10.1. The third-order valence-electron chi connectivity index (χ3n) is 2.96. The van der Waals surface area contributed by atoms with Gasteiger partial charge in [-0.15, -0.1) is 0 Å². The normalized spacial score (nSPS) is 11.2. The summed E-state index contributed by atoms with van der Waals surface area (Å²) in [6, 6.07) is 8.24. The smallest absolute Gasteiger partial charge is 0.176 e. The Morgan fingerprint density at radius 2 is 1.82 bits per heavy atom. The van der Waals surface area contributed by atoms with Crippen molar-refractivity contribution in [3.8, 4) is 0 Å². The molecule has 0 bridgehead atoms. The summed E-state index contributed by atoms with van der Waals surface area (Å²) < 4.78 is 0. The Labute approximate surface area is 105 Å². The molecule has 0 saturated carbocycles. The van der Waals surface area contributed by atoms with Gasteiger partial charge < -0.3 is 0 Å². The molecular weight excluding hydrogens is 210 g/mol. The quantitative estimate of drug-likeness (QED) is 0.703. The molecule has 17 heavy (non-hydrogen) atoms. The van der Waals surface area contributed by atoms with Crippen molar-refractivity contribution >= 4 is 5.78 Å². The minimum absolute atomic E-state index is 0.215. The van der Waals surface area contributed by atoms with E-state index >= 15 is 0 Å². The number of nitrogens with zero attached hydrogens (tertiary/aromatic N) is 1. The van der Waals surface area contributed by atoms with E-state index in [1.807, 2.05) is 31.2 Å². The van der Waals surface area contributed by atoms with Crippen LogP contribution in [-0.2, 0) is 0 Å². The molecule has 0 spiro atoms. The minimum Gasteiger partial charge on any atom is -0.293 e. The van der Waals surface area contributed by atoms with Crippen LogP contribution >= 0.6 is 0 Å². The molecule has 2 heteroatoms. The van der Waals surface area contributed by atoms with Crippen LogP contribution in [0.2, 0.25) is 0 Å². The molecule has 2 nitrogen and oxygen atoms in total. The van der Waals surface area contributed by atoms with Gasteiger partial charge in [0.15, 0.2) is 5.78 Å². The lowest BCUT2D eigenvalue weighted by Crippen LogP contribution is -2.36. The SMILES string of the molecule is CCCN(CC(=O)c1ccc(C)cc1)C(C)C. The Kier molecular flexibility index (Phi) is 5.36. The molecule has 1 aromatic carbocycles. The van der Waals surface area contributed by atoms with Crippen molar-refractivity contribution in [2.45, 2.75) is 40.2 Å². The summed E-state index contributed by atoms with van der Waals surface area (Å²) in [6.07, 6.45) is 1.08. The number of aryl methyl sites for hydroxylation is 1. The zero-order chi connectivity index (χ0) is 12.8. The Morgan fingerprint density at radius 3 is 2.29 bits per heavy atom. The van der Waals surface area contributed by atoms with Gasteiger partial charge in [-0.1, -0.05) is 36.8 Å². The fourth-order valence-electron chi connectivity index (χ4n) is 1.82. The van der Waals surface area contributed by atoms with Crippen LogP contribution in [0.5, 0.6) is 0 Å². The van der Waals surface area contributed by atoms with E-state index in [1.54, 1.807) is 0 Å². The van der Waals surface area contributed by atoms with Crippen LogP contribution in [0, 0.1) is 6.92 Å². The van der Waals surface area contributed by atoms with Gasteiger partial charge in [0.1, 0.15) is 0 Å². The summed E-state index contributed by atoms with van der Waals surface area (Å²) in [5.41, 5.74) is 2.01. The molecule has 0 heterocycles. The molecule has 0 saturated heterocycles. The lowest BCUT2D eigenvalue weighted by Gasteiger charge is -2.25. The second-order valence-electron chi connectivity index (χ2n) is 4.85. The van der Waals surface area contributed by atoms with E-state index in [0.29, 0.717) is 12.6 Å². The Bertz CT molecular complexity index is 354. The molecule has 0 atom stereocenters. The third-order valence-corrected chi connectivity index (χ3v) is 2.96. The monoisotopic (exact) mass is 233 g/mol. The van der Waals surface area contributed by atoms with Gasteiger partial charge in [-0.25, -0.2) is 0 Å². The molecule has 0 aliphatic carbocycles. The molecule has 0 radical (unpaired) electrons. The maximum absolute atomic E-state index is 12.1. The maximum atomic E-state index is 12.1. The standard InChI is InChI=1S/C15H23NO/c1-5-10-16(12(2)3)11-15(17)14-8-6-13(4)7-9-14/h6-9,12H,5,10-11H2,1-4H3. The number of ketones is 1. The molecule has 0 aromatic heterocycles. The predicted octanol–water partition coefficient (Wildman–Crippen LogP) is 3.30. The first kappa shape index (κ1) is 13.9. The van der Waals surface area contributed by atoms with Crippen molar-refractivity contribution in [3.63, 3.8) is 0 Å². The number of carbonyl (C=O) groups is 1. The van der Waals surface area contributed by atoms with Gasteiger partial charge in [0.05, 0.1) is 6.54 Å². The van der Waals surface area contributed by atoms with E-state index in [0.717, 1.165) is 18.5 Å². The fourth-order valence-corrected chi connectivity index (χ4v) is 1.82. The highest BCUT2D eigenvalue weighted by Gasteiger charge is 2.14. The summed E-state index contributed by atoms with van der Waals surface area (Å²) in [5, 5.41) is 0. The van der Waals surface area contributed by atoms with Crippen molar-refractivity contribution in [3.05, 3.63) is 35.4 Å². The van der Waals surface area contributed by atoms with Crippen LogP contribution in [-0.4, -0.2) is 29.8 Å². The van der Waals surface area contributed by atoms with Gasteiger partial charge in [-0.3, -0.25) is 9.69 Å². The highest BCUT2D eigenvalue weighted by Crippen LogP contribution is 2.07. The topological polar surface area (TPSA) is 20.3 Å². The molecule has 0 amide bonds. The molecule has 0 fully saturated rings. The van der Waals surface area contributed by atoms with E-state index in [2.05, 4.69) is 25.7 Å². The number of carbonyl (C=O) groups excluding carboxylic acids is 1. The summed E-state index contributed by atoms with van der Waals surface area (Å²) in [4.78, 5) is 14.3. The van der Waals surface area contributed by atoms with Gasteiger partial charge in [-0.05, 0) is 33.7 Å². The van der Waals surface area contributed by atoms with Gasteiger partial charge in [0.25, 0.3) is 0 Å². The lowest BCUT2D eigenvalue weighted by molar-refractivity contribution is 0.0906. The van der Waals surface area contributed by atoms with Gasteiger partial charge in [0, 0.05) is 11.6 Å². The highest BCUT2D eigenvalue weighted by atomic mass is 16.1. The second-order valence-corrected chi connectivity index (χ2v) is 4.85. The summed E-state index contributed by atoms with van der Waals surface area (Å²) >= 11 is 0. The van der Waals surface area contributed by atoms with E-state index in [4.69, 9.17) is 0 Å². The van der Waals surface area contributed by atoms with Crippen LogP contribution in [0.3, 0.4) is 0 Å². The van der Waals surface area contributed by atoms with E-state index in [9.17, 15) is 4.79 Å². The number of rotatable bonds is 6. The number of Topliss-reactive ketones (excluding diaryl/α,β-unsaturated/α-hetero) is 1. The first-order valence-electron chi connectivity index (χ1n) is 6.38. The van der Waals surface area contributed by atoms with Crippen LogP contribution in [0.15, 0.2) is 24.3 Å². The zero-order valence-electron chi connectivity index (χ0n) is 11.4. The van der Waals surface area contributed by atoms with Gasteiger partial charge in [-0.2, -0.15) is 0 Å². The van der Waals surface area contributed by atoms with Crippen molar-refractivity contribution in [2.75, 3.05) is 13.1 Å². The average Bonchev–Trinajstić information content (AvgIpc) is 2.29. The molecule has 0 aliphatic heterocycles. The van der Waals surface area contributed by atoms with Crippen LogP contribution in [0.1, 0.15) is 43.1 Å². The molecule has 0 aliphatic rings. The van der Waals surface area contributed by atoms with Crippen molar-refractivity contribution in [1.29, 1.82) is 0 Å². The van der Waals surface area contributed by atoms with Crippen LogP contribution in [0.25, 0.3) is 0 Å². The first-order valence-corrected chi connectivity index (χ1v) is 6.38. The Hall–Kier alpha value is -1.15. The van der Waals surface area contributed by atoms with Gasteiger partial charge in [0.2, 0.25) is 0 Å². The largest absolute Gasteiger partial charge is 0.293 e. The average molecular weight is 233 g/mol. The summed E-state index contributed by atoms with van der Waals surface area (Å²) in [6.45, 7) is 9.96. The second kappa shape index (κ2) is 6.55. The highest BCUT2D eigenvalue weighted by molar-refractivity contribution is 5.97. The number of hydrogen-bond acceptors (Lipinski definition) is 2. The minimum atomic E-state index is 0.215. The molecule has 0 unspecified atom stereocenters. The van der Waals surface area contributed by atoms with E-state index in [1.165, 1.54) is 5.56 Å². The van der Waals surface area contributed by atoms with Crippen molar-refractivity contribution in [2.24, 2.45) is 0 Å². The zero-order valence-corrected chi connectivity index (χ0v) is 11.4. The van der Waals surface area contributed by atoms with Crippen molar-refractivity contribution in [1.82, 2.24) is 4.90 Å². The molecule has 1 aromatic rings. The van der Waals surface area contributed by atoms with Crippen LogP contribution in [0.4, 0.5) is 0 Å². The fraction of sp³-hybridized carbons (Fsp3) is 0.533. The number of benzene rings is 1. The Balaban J connectivity index is 2.66. The molecule has 94 valence electrons. The predicted molar refractivity (Wildman–Crippen MR) is 72.5 cm³/mol. The van der Waals surface area contributed by atoms with Crippen LogP contribution < -0.4 is 0 Å².